The first-order valence-electron chi connectivity index (χ1n) is 4.86. The highest BCUT2D eigenvalue weighted by Gasteiger charge is 2.02. The molecule has 0 atom stereocenters. The number of alkyl halides is 1. The molecular formula is C11H10BrN3O. The number of halogens is 1. The van der Waals surface area contributed by atoms with Crippen LogP contribution in [0.1, 0.15) is 0 Å². The van der Waals surface area contributed by atoms with Crippen LogP contribution in [0, 0.1) is 0 Å². The first kappa shape index (κ1) is 11.0. The smallest absolute Gasteiger partial charge is 0.266 e. The molecular weight excluding hydrogens is 270 g/mol. The molecule has 0 amide bonds. The molecule has 0 bridgehead atoms. The molecule has 0 aromatic carbocycles. The summed E-state index contributed by atoms with van der Waals surface area (Å²) in [6.07, 6.45) is 3.43. The van der Waals surface area contributed by atoms with E-state index >= 15 is 0 Å². The van der Waals surface area contributed by atoms with Gasteiger partial charge in [0.2, 0.25) is 0 Å². The predicted molar refractivity (Wildman–Crippen MR) is 65.5 cm³/mol. The van der Waals surface area contributed by atoms with Gasteiger partial charge >= 0.3 is 0 Å². The van der Waals surface area contributed by atoms with Crippen molar-refractivity contribution in [3.05, 3.63) is 47.0 Å². The summed E-state index contributed by atoms with van der Waals surface area (Å²) in [6.45, 7) is 0.562. The predicted octanol–water partition coefficient (Wildman–Crippen LogP) is 1.70. The maximum atomic E-state index is 11.5. The van der Waals surface area contributed by atoms with Gasteiger partial charge in [-0.3, -0.25) is 9.78 Å². The maximum absolute atomic E-state index is 11.5. The molecule has 0 fully saturated rings. The van der Waals surface area contributed by atoms with Gasteiger partial charge in [-0.05, 0) is 18.2 Å². The van der Waals surface area contributed by atoms with Crippen molar-refractivity contribution in [1.29, 1.82) is 0 Å². The Labute approximate surface area is 101 Å². The van der Waals surface area contributed by atoms with Crippen LogP contribution in [-0.4, -0.2) is 20.1 Å². The SMILES string of the molecule is O=c1ccc(-c2cccnc2)nn1CCBr. The van der Waals surface area contributed by atoms with Crippen molar-refractivity contribution in [2.75, 3.05) is 5.33 Å². The van der Waals surface area contributed by atoms with Gasteiger partial charge in [-0.15, -0.1) is 0 Å². The number of aryl methyl sites for hydroxylation is 1. The molecule has 0 N–H and O–H groups in total. The van der Waals surface area contributed by atoms with E-state index in [0.29, 0.717) is 11.9 Å². The molecule has 16 heavy (non-hydrogen) atoms. The lowest BCUT2D eigenvalue weighted by molar-refractivity contribution is 0.627. The molecule has 4 nitrogen and oxygen atoms in total. The fraction of sp³-hybridized carbons (Fsp3) is 0.182. The van der Waals surface area contributed by atoms with Crippen LogP contribution in [-0.2, 0) is 6.54 Å². The van der Waals surface area contributed by atoms with E-state index in [4.69, 9.17) is 0 Å². The fourth-order valence-electron chi connectivity index (χ4n) is 1.36. The van der Waals surface area contributed by atoms with E-state index in [1.165, 1.54) is 10.7 Å². The number of nitrogens with zero attached hydrogens (tertiary/aromatic N) is 3. The minimum Gasteiger partial charge on any atom is -0.268 e. The topological polar surface area (TPSA) is 47.8 Å². The van der Waals surface area contributed by atoms with Gasteiger partial charge in [0, 0.05) is 29.4 Å². The summed E-state index contributed by atoms with van der Waals surface area (Å²) >= 11 is 3.29. The van der Waals surface area contributed by atoms with Crippen molar-refractivity contribution >= 4 is 15.9 Å². The molecule has 0 aliphatic rings. The van der Waals surface area contributed by atoms with Crippen molar-refractivity contribution in [3.63, 3.8) is 0 Å². The Balaban J connectivity index is 2.44. The highest BCUT2D eigenvalue weighted by molar-refractivity contribution is 9.09. The summed E-state index contributed by atoms with van der Waals surface area (Å²) in [5.74, 6) is 0. The second-order valence-electron chi connectivity index (χ2n) is 3.21. The molecule has 2 rings (SSSR count). The second-order valence-corrected chi connectivity index (χ2v) is 4.00. The Morgan fingerprint density at radius 1 is 1.31 bits per heavy atom. The lowest BCUT2D eigenvalue weighted by atomic mass is 10.2. The molecule has 0 saturated carbocycles. The molecule has 0 aliphatic carbocycles. The van der Waals surface area contributed by atoms with Crippen molar-refractivity contribution in [2.24, 2.45) is 0 Å². The number of pyridine rings is 1. The van der Waals surface area contributed by atoms with Gasteiger partial charge in [0.1, 0.15) is 0 Å². The average Bonchev–Trinajstić information content (AvgIpc) is 2.33. The van der Waals surface area contributed by atoms with Crippen molar-refractivity contribution in [2.45, 2.75) is 6.54 Å². The van der Waals surface area contributed by atoms with Crippen LogP contribution in [0.3, 0.4) is 0 Å². The van der Waals surface area contributed by atoms with Gasteiger partial charge in [0.15, 0.2) is 0 Å². The molecule has 0 spiro atoms. The summed E-state index contributed by atoms with van der Waals surface area (Å²) in [6, 6.07) is 7.00. The molecule has 0 unspecified atom stereocenters. The second kappa shape index (κ2) is 5.03. The Hall–Kier alpha value is -1.49. The fourth-order valence-corrected chi connectivity index (χ4v) is 1.69. The minimum absolute atomic E-state index is 0.0907. The third kappa shape index (κ3) is 2.36. The molecule has 2 aromatic rings. The van der Waals surface area contributed by atoms with Crippen molar-refractivity contribution in [1.82, 2.24) is 14.8 Å². The number of hydrogen-bond acceptors (Lipinski definition) is 3. The Morgan fingerprint density at radius 2 is 2.19 bits per heavy atom. The molecule has 82 valence electrons. The number of aromatic nitrogens is 3. The zero-order chi connectivity index (χ0) is 11.4. The lowest BCUT2D eigenvalue weighted by Gasteiger charge is -2.04. The molecule has 5 heteroatoms. The molecule has 0 saturated heterocycles. The third-order valence-corrected chi connectivity index (χ3v) is 2.47. The molecule has 2 aromatic heterocycles. The zero-order valence-electron chi connectivity index (χ0n) is 8.51. The van der Waals surface area contributed by atoms with Crippen LogP contribution < -0.4 is 5.56 Å². The van der Waals surface area contributed by atoms with E-state index in [-0.39, 0.29) is 5.56 Å². The van der Waals surface area contributed by atoms with E-state index in [0.717, 1.165) is 11.3 Å². The van der Waals surface area contributed by atoms with E-state index in [2.05, 4.69) is 26.0 Å². The number of rotatable bonds is 3. The highest BCUT2D eigenvalue weighted by atomic mass is 79.9. The van der Waals surface area contributed by atoms with Crippen LogP contribution in [0.2, 0.25) is 0 Å². The highest BCUT2D eigenvalue weighted by Crippen LogP contribution is 2.12. The van der Waals surface area contributed by atoms with Gasteiger partial charge in [0.25, 0.3) is 5.56 Å². The van der Waals surface area contributed by atoms with E-state index < -0.39 is 0 Å². The summed E-state index contributed by atoms with van der Waals surface area (Å²) in [5, 5.41) is 4.97. The summed E-state index contributed by atoms with van der Waals surface area (Å²) in [4.78, 5) is 15.5. The van der Waals surface area contributed by atoms with Crippen molar-refractivity contribution < 1.29 is 0 Å². The largest absolute Gasteiger partial charge is 0.268 e. The third-order valence-electron chi connectivity index (χ3n) is 2.12. The van der Waals surface area contributed by atoms with Gasteiger partial charge in [-0.2, -0.15) is 5.10 Å². The van der Waals surface area contributed by atoms with Crippen molar-refractivity contribution in [3.8, 4) is 11.3 Å². The molecule has 0 radical (unpaired) electrons. The van der Waals surface area contributed by atoms with Crippen LogP contribution in [0.25, 0.3) is 11.3 Å². The number of hydrogen-bond donors (Lipinski definition) is 0. The van der Waals surface area contributed by atoms with Crippen LogP contribution in [0.4, 0.5) is 0 Å². The van der Waals surface area contributed by atoms with Crippen LogP contribution in [0.15, 0.2) is 41.5 Å². The normalized spacial score (nSPS) is 10.3. The van der Waals surface area contributed by atoms with Crippen LogP contribution >= 0.6 is 15.9 Å². The summed E-state index contributed by atoms with van der Waals surface area (Å²) in [7, 11) is 0. The summed E-state index contributed by atoms with van der Waals surface area (Å²) in [5.41, 5.74) is 1.58. The Kier molecular flexibility index (Phi) is 3.46. The van der Waals surface area contributed by atoms with E-state index in [1.807, 2.05) is 12.1 Å². The van der Waals surface area contributed by atoms with Gasteiger partial charge in [0.05, 0.1) is 12.2 Å². The standard InChI is InChI=1S/C11H10BrN3O/c12-5-7-15-11(16)4-3-10(14-15)9-2-1-6-13-8-9/h1-4,6,8H,5,7H2. The Bertz CT molecular complexity index is 524. The Morgan fingerprint density at radius 3 is 2.88 bits per heavy atom. The summed E-state index contributed by atoms with van der Waals surface area (Å²) < 4.78 is 1.44. The quantitative estimate of drug-likeness (QED) is 0.804. The lowest BCUT2D eigenvalue weighted by Crippen LogP contribution is -2.22. The van der Waals surface area contributed by atoms with E-state index in [9.17, 15) is 4.79 Å². The monoisotopic (exact) mass is 279 g/mol. The maximum Gasteiger partial charge on any atom is 0.266 e. The minimum atomic E-state index is -0.0907. The zero-order valence-corrected chi connectivity index (χ0v) is 10.1. The van der Waals surface area contributed by atoms with Gasteiger partial charge < -0.3 is 0 Å². The molecule has 0 aliphatic heterocycles. The first-order chi connectivity index (χ1) is 7.81. The average molecular weight is 280 g/mol. The van der Waals surface area contributed by atoms with Gasteiger partial charge in [-0.25, -0.2) is 4.68 Å². The molecule has 2 heterocycles. The van der Waals surface area contributed by atoms with Gasteiger partial charge in [-0.1, -0.05) is 15.9 Å². The van der Waals surface area contributed by atoms with Crippen LogP contribution in [0.5, 0.6) is 0 Å². The van der Waals surface area contributed by atoms with E-state index in [1.54, 1.807) is 18.5 Å². The first-order valence-corrected chi connectivity index (χ1v) is 5.98.